The Bertz CT molecular complexity index is 1120. The standard InChI is InChI=1S/C23H26N6OS/c1-16(2)28-21(25-26-23(28)31)13-14-24-22(30)19-15-20(17-9-5-3-6-10-17)29(27-19)18-11-7-4-8-12-18/h3-12,16,20H,13-15H2,1-2H3,(H,24,30)(H,26,31). The molecule has 2 heterocycles. The lowest BCUT2D eigenvalue weighted by Crippen LogP contribution is -2.32. The molecule has 7 nitrogen and oxygen atoms in total. The van der Waals surface area contributed by atoms with Gasteiger partial charge in [-0.05, 0) is 43.8 Å². The van der Waals surface area contributed by atoms with Gasteiger partial charge >= 0.3 is 0 Å². The number of H-pyrrole nitrogens is 1. The lowest BCUT2D eigenvalue weighted by atomic mass is 10.0. The molecule has 0 aliphatic carbocycles. The molecular weight excluding hydrogens is 408 g/mol. The maximum absolute atomic E-state index is 12.9. The van der Waals surface area contributed by atoms with E-state index in [-0.39, 0.29) is 18.0 Å². The summed E-state index contributed by atoms with van der Waals surface area (Å²) in [5, 5.41) is 16.7. The van der Waals surface area contributed by atoms with Gasteiger partial charge in [0.15, 0.2) is 4.77 Å². The van der Waals surface area contributed by atoms with Gasteiger partial charge in [-0.15, -0.1) is 0 Å². The molecule has 1 unspecified atom stereocenters. The number of rotatable bonds is 7. The molecule has 0 bridgehead atoms. The molecule has 1 atom stereocenters. The van der Waals surface area contributed by atoms with Gasteiger partial charge in [0.1, 0.15) is 11.5 Å². The minimum atomic E-state index is -0.149. The van der Waals surface area contributed by atoms with Crippen LogP contribution in [0.5, 0.6) is 0 Å². The molecule has 31 heavy (non-hydrogen) atoms. The highest BCUT2D eigenvalue weighted by Gasteiger charge is 2.32. The van der Waals surface area contributed by atoms with E-state index >= 15 is 0 Å². The Labute approximate surface area is 186 Å². The number of aromatic amines is 1. The Balaban J connectivity index is 1.47. The zero-order valence-corrected chi connectivity index (χ0v) is 18.5. The topological polar surface area (TPSA) is 78.3 Å². The van der Waals surface area contributed by atoms with E-state index < -0.39 is 0 Å². The van der Waals surface area contributed by atoms with Gasteiger partial charge in [-0.25, -0.2) is 0 Å². The van der Waals surface area contributed by atoms with Crippen molar-refractivity contribution in [2.75, 3.05) is 11.6 Å². The lowest BCUT2D eigenvalue weighted by Gasteiger charge is -2.23. The smallest absolute Gasteiger partial charge is 0.267 e. The molecule has 0 radical (unpaired) electrons. The zero-order chi connectivity index (χ0) is 21.8. The van der Waals surface area contributed by atoms with E-state index in [1.165, 1.54) is 0 Å². The van der Waals surface area contributed by atoms with Gasteiger partial charge < -0.3 is 9.88 Å². The number of amides is 1. The number of hydrogen-bond acceptors (Lipinski definition) is 5. The number of carbonyl (C=O) groups excluding carboxylic acids is 1. The molecule has 2 N–H and O–H groups in total. The zero-order valence-electron chi connectivity index (χ0n) is 17.7. The van der Waals surface area contributed by atoms with Crippen LogP contribution in [-0.2, 0) is 11.2 Å². The molecule has 1 amide bonds. The Morgan fingerprint density at radius 2 is 1.84 bits per heavy atom. The number of hydrazone groups is 1. The summed E-state index contributed by atoms with van der Waals surface area (Å²) in [7, 11) is 0. The Kier molecular flexibility index (Phi) is 6.27. The van der Waals surface area contributed by atoms with Gasteiger partial charge in [-0.2, -0.15) is 10.2 Å². The number of nitrogens with one attached hydrogen (secondary N) is 2. The van der Waals surface area contributed by atoms with E-state index in [9.17, 15) is 4.79 Å². The van der Waals surface area contributed by atoms with Crippen molar-refractivity contribution in [2.45, 2.75) is 38.8 Å². The largest absolute Gasteiger partial charge is 0.350 e. The van der Waals surface area contributed by atoms with E-state index in [1.807, 2.05) is 58.1 Å². The molecule has 0 fully saturated rings. The fourth-order valence-electron chi connectivity index (χ4n) is 3.84. The molecule has 1 aromatic heterocycles. The van der Waals surface area contributed by atoms with Crippen molar-refractivity contribution in [3.05, 3.63) is 76.8 Å². The van der Waals surface area contributed by atoms with E-state index in [4.69, 9.17) is 12.2 Å². The first kappa shape index (κ1) is 21.0. The van der Waals surface area contributed by atoms with Crippen LogP contribution in [0.4, 0.5) is 5.69 Å². The van der Waals surface area contributed by atoms with Gasteiger partial charge in [0.05, 0.1) is 11.7 Å². The van der Waals surface area contributed by atoms with Crippen molar-refractivity contribution in [2.24, 2.45) is 5.10 Å². The molecule has 4 rings (SSSR count). The molecule has 0 saturated carbocycles. The Morgan fingerprint density at radius 1 is 1.16 bits per heavy atom. The highest BCUT2D eigenvalue weighted by Crippen LogP contribution is 2.34. The van der Waals surface area contributed by atoms with Crippen molar-refractivity contribution in [1.82, 2.24) is 20.1 Å². The number of benzene rings is 2. The monoisotopic (exact) mass is 434 g/mol. The first-order valence-corrected chi connectivity index (χ1v) is 10.9. The molecule has 3 aromatic rings. The minimum Gasteiger partial charge on any atom is -0.350 e. The van der Waals surface area contributed by atoms with Gasteiger partial charge in [0, 0.05) is 25.4 Å². The third-order valence-electron chi connectivity index (χ3n) is 5.31. The second-order valence-electron chi connectivity index (χ2n) is 7.77. The number of carbonyl (C=O) groups is 1. The van der Waals surface area contributed by atoms with Gasteiger partial charge in [0.2, 0.25) is 0 Å². The van der Waals surface area contributed by atoms with E-state index in [2.05, 4.69) is 46.6 Å². The van der Waals surface area contributed by atoms with Gasteiger partial charge in [-0.3, -0.25) is 14.9 Å². The van der Waals surface area contributed by atoms with Crippen molar-refractivity contribution < 1.29 is 4.79 Å². The summed E-state index contributed by atoms with van der Waals surface area (Å²) in [5.74, 6) is 0.686. The normalized spacial score (nSPS) is 15.9. The predicted octanol–water partition coefficient (Wildman–Crippen LogP) is 4.19. The Morgan fingerprint density at radius 3 is 2.52 bits per heavy atom. The quantitative estimate of drug-likeness (QED) is 0.547. The van der Waals surface area contributed by atoms with Crippen molar-refractivity contribution in [3.63, 3.8) is 0 Å². The van der Waals surface area contributed by atoms with Crippen LogP contribution in [0.3, 0.4) is 0 Å². The number of aromatic nitrogens is 3. The van der Waals surface area contributed by atoms with Crippen LogP contribution < -0.4 is 10.3 Å². The summed E-state index contributed by atoms with van der Waals surface area (Å²) in [6.07, 6.45) is 1.14. The highest BCUT2D eigenvalue weighted by molar-refractivity contribution is 7.71. The number of nitrogens with zero attached hydrogens (tertiary/aromatic N) is 4. The lowest BCUT2D eigenvalue weighted by molar-refractivity contribution is -0.114. The fraction of sp³-hybridized carbons (Fsp3) is 0.304. The van der Waals surface area contributed by atoms with Crippen LogP contribution in [0.2, 0.25) is 0 Å². The summed E-state index contributed by atoms with van der Waals surface area (Å²) in [6, 6.07) is 20.3. The molecule has 0 spiro atoms. The molecule has 160 valence electrons. The maximum atomic E-state index is 12.9. The minimum absolute atomic E-state index is 0.0124. The number of para-hydroxylation sites is 1. The molecule has 1 aliphatic rings. The average Bonchev–Trinajstić information content (AvgIpc) is 3.39. The van der Waals surface area contributed by atoms with Crippen LogP contribution in [-0.4, -0.2) is 32.9 Å². The van der Waals surface area contributed by atoms with Crippen LogP contribution in [0, 0.1) is 4.77 Å². The second kappa shape index (κ2) is 9.26. The summed E-state index contributed by atoms with van der Waals surface area (Å²) < 4.78 is 2.57. The number of hydrogen-bond donors (Lipinski definition) is 2. The van der Waals surface area contributed by atoms with Crippen LogP contribution >= 0.6 is 12.2 Å². The first-order valence-electron chi connectivity index (χ1n) is 10.4. The van der Waals surface area contributed by atoms with Crippen molar-refractivity contribution in [1.29, 1.82) is 0 Å². The second-order valence-corrected chi connectivity index (χ2v) is 8.16. The number of anilines is 1. The fourth-order valence-corrected chi connectivity index (χ4v) is 4.20. The first-order chi connectivity index (χ1) is 15.0. The summed E-state index contributed by atoms with van der Waals surface area (Å²) >= 11 is 5.29. The molecule has 8 heteroatoms. The molecular formula is C23H26N6OS. The van der Waals surface area contributed by atoms with E-state index in [0.717, 1.165) is 17.1 Å². The van der Waals surface area contributed by atoms with Gasteiger partial charge in [0.25, 0.3) is 5.91 Å². The SMILES string of the molecule is CC(C)n1c(CCNC(=O)C2=NN(c3ccccc3)C(c3ccccc3)C2)n[nH]c1=S. The third-order valence-corrected chi connectivity index (χ3v) is 5.59. The summed E-state index contributed by atoms with van der Waals surface area (Å²) in [6.45, 7) is 4.58. The maximum Gasteiger partial charge on any atom is 0.267 e. The predicted molar refractivity (Wildman–Crippen MR) is 125 cm³/mol. The van der Waals surface area contributed by atoms with E-state index in [0.29, 0.717) is 29.9 Å². The van der Waals surface area contributed by atoms with Crippen molar-refractivity contribution >= 4 is 29.5 Å². The van der Waals surface area contributed by atoms with Crippen molar-refractivity contribution in [3.8, 4) is 0 Å². The van der Waals surface area contributed by atoms with E-state index in [1.54, 1.807) is 0 Å². The van der Waals surface area contributed by atoms with Crippen LogP contribution in [0.1, 0.15) is 43.7 Å². The van der Waals surface area contributed by atoms with Gasteiger partial charge in [-0.1, -0.05) is 48.5 Å². The molecule has 0 saturated heterocycles. The van der Waals surface area contributed by atoms with Crippen LogP contribution in [0.15, 0.2) is 65.8 Å². The highest BCUT2D eigenvalue weighted by atomic mass is 32.1. The summed E-state index contributed by atoms with van der Waals surface area (Å²) in [4.78, 5) is 12.9. The van der Waals surface area contributed by atoms with Crippen LogP contribution in [0.25, 0.3) is 0 Å². The molecule has 2 aromatic carbocycles. The average molecular weight is 435 g/mol. The Hall–Kier alpha value is -3.26. The third kappa shape index (κ3) is 4.59. The summed E-state index contributed by atoms with van der Waals surface area (Å²) in [5.41, 5.74) is 2.62. The molecule has 1 aliphatic heterocycles.